The number of carbonyl (C=O) groups is 1. The smallest absolute Gasteiger partial charge is 0.307 e. The number of aliphatic carboxylic acids is 1. The van der Waals surface area contributed by atoms with Crippen molar-refractivity contribution < 1.29 is 9.90 Å². The van der Waals surface area contributed by atoms with Crippen LogP contribution in [0.25, 0.3) is 16.2 Å². The van der Waals surface area contributed by atoms with Crippen molar-refractivity contribution in [3.8, 4) is 10.6 Å². The van der Waals surface area contributed by atoms with Gasteiger partial charge in [-0.25, -0.2) is 4.98 Å². The molecule has 0 amide bonds. The van der Waals surface area contributed by atoms with E-state index >= 15 is 0 Å². The Kier molecular flexibility index (Phi) is 4.08. The van der Waals surface area contributed by atoms with E-state index in [0.717, 1.165) is 47.8 Å². The molecule has 0 unspecified atom stereocenters. The number of hydrogen-bond donors (Lipinski definition) is 1. The summed E-state index contributed by atoms with van der Waals surface area (Å²) in [4.78, 5) is 19.5. The molecule has 1 saturated heterocycles. The van der Waals surface area contributed by atoms with Crippen LogP contribution < -0.4 is 0 Å². The van der Waals surface area contributed by atoms with Crippen LogP contribution in [0, 0.1) is 5.92 Å². The van der Waals surface area contributed by atoms with Crippen molar-refractivity contribution in [2.45, 2.75) is 19.4 Å². The van der Waals surface area contributed by atoms with Crippen molar-refractivity contribution in [3.05, 3.63) is 47.6 Å². The van der Waals surface area contributed by atoms with Gasteiger partial charge in [-0.3, -0.25) is 9.69 Å². The molecular formula is C18H19N3O2S. The predicted octanol–water partition coefficient (Wildman–Crippen LogP) is 3.36. The van der Waals surface area contributed by atoms with E-state index in [-0.39, 0.29) is 5.92 Å². The number of nitrogens with zero attached hydrogens (tertiary/aromatic N) is 3. The van der Waals surface area contributed by atoms with Crippen molar-refractivity contribution >= 4 is 23.0 Å². The maximum absolute atomic E-state index is 11.3. The molecule has 1 aliphatic rings. The molecule has 0 bridgehead atoms. The summed E-state index contributed by atoms with van der Waals surface area (Å²) in [6, 6.07) is 10.1. The molecule has 24 heavy (non-hydrogen) atoms. The standard InChI is InChI=1S/C18H19N3O2S/c22-18(23)13-5-3-8-20(11-13)12-14-17(15-6-4-10-24-15)19-16-7-1-2-9-21(14)16/h1-2,4,6-7,9-10,13H,3,5,8,11-12H2,(H,22,23)/t13-/m0/s1. The zero-order chi connectivity index (χ0) is 16.5. The van der Waals surface area contributed by atoms with Gasteiger partial charge in [-0.15, -0.1) is 11.3 Å². The van der Waals surface area contributed by atoms with E-state index < -0.39 is 5.97 Å². The maximum Gasteiger partial charge on any atom is 0.307 e. The van der Waals surface area contributed by atoms with Crippen LogP contribution in [0.15, 0.2) is 41.9 Å². The number of piperidine rings is 1. The zero-order valence-corrected chi connectivity index (χ0v) is 14.1. The molecule has 5 nitrogen and oxygen atoms in total. The first-order chi connectivity index (χ1) is 11.7. The number of aromatic nitrogens is 2. The van der Waals surface area contributed by atoms with Crippen molar-refractivity contribution in [1.29, 1.82) is 0 Å². The summed E-state index contributed by atoms with van der Waals surface area (Å²) in [7, 11) is 0. The van der Waals surface area contributed by atoms with Crippen LogP contribution in [0.4, 0.5) is 0 Å². The molecule has 3 aromatic rings. The number of pyridine rings is 1. The molecule has 0 aliphatic carbocycles. The fourth-order valence-corrected chi connectivity index (χ4v) is 4.16. The third kappa shape index (κ3) is 2.83. The van der Waals surface area contributed by atoms with Gasteiger partial charge in [-0.1, -0.05) is 12.1 Å². The van der Waals surface area contributed by atoms with Gasteiger partial charge in [0.2, 0.25) is 0 Å². The van der Waals surface area contributed by atoms with Crippen LogP contribution in [0.1, 0.15) is 18.5 Å². The Hall–Kier alpha value is -2.18. The van der Waals surface area contributed by atoms with Crippen molar-refractivity contribution in [3.63, 3.8) is 0 Å². The Morgan fingerprint density at radius 3 is 3.04 bits per heavy atom. The van der Waals surface area contributed by atoms with E-state index in [2.05, 4.69) is 20.7 Å². The zero-order valence-electron chi connectivity index (χ0n) is 13.3. The highest BCUT2D eigenvalue weighted by Crippen LogP contribution is 2.30. The largest absolute Gasteiger partial charge is 0.481 e. The van der Waals surface area contributed by atoms with Crippen molar-refractivity contribution in [2.75, 3.05) is 13.1 Å². The van der Waals surface area contributed by atoms with Crippen molar-refractivity contribution in [1.82, 2.24) is 14.3 Å². The van der Waals surface area contributed by atoms with Crippen LogP contribution >= 0.6 is 11.3 Å². The highest BCUT2D eigenvalue weighted by atomic mass is 32.1. The first kappa shape index (κ1) is 15.4. The fourth-order valence-electron chi connectivity index (χ4n) is 3.42. The van der Waals surface area contributed by atoms with Gasteiger partial charge in [0.05, 0.1) is 16.5 Å². The van der Waals surface area contributed by atoms with Gasteiger partial charge in [0.1, 0.15) is 11.3 Å². The molecule has 6 heteroatoms. The number of carboxylic acid groups (broad SMARTS) is 1. The SMILES string of the molecule is O=C(O)[C@H]1CCCN(Cc2c(-c3cccs3)nc3ccccn23)C1. The molecule has 124 valence electrons. The number of carboxylic acids is 1. The fraction of sp³-hybridized carbons (Fsp3) is 0.333. The lowest BCUT2D eigenvalue weighted by molar-refractivity contribution is -0.143. The Bertz CT molecular complexity index is 856. The molecule has 4 rings (SSSR count). The Morgan fingerprint density at radius 2 is 2.25 bits per heavy atom. The second-order valence-electron chi connectivity index (χ2n) is 6.23. The summed E-state index contributed by atoms with van der Waals surface area (Å²) in [6.45, 7) is 2.27. The van der Waals surface area contributed by atoms with Gasteiger partial charge < -0.3 is 9.51 Å². The first-order valence-corrected chi connectivity index (χ1v) is 9.05. The lowest BCUT2D eigenvalue weighted by atomic mass is 9.98. The van der Waals surface area contributed by atoms with E-state index in [0.29, 0.717) is 6.54 Å². The van der Waals surface area contributed by atoms with Gasteiger partial charge in [-0.2, -0.15) is 0 Å². The first-order valence-electron chi connectivity index (χ1n) is 8.17. The minimum absolute atomic E-state index is 0.261. The quantitative estimate of drug-likeness (QED) is 0.790. The second-order valence-corrected chi connectivity index (χ2v) is 7.17. The Morgan fingerprint density at radius 1 is 1.33 bits per heavy atom. The molecule has 1 aliphatic heterocycles. The number of likely N-dealkylation sites (tertiary alicyclic amines) is 1. The lowest BCUT2D eigenvalue weighted by Gasteiger charge is -2.30. The topological polar surface area (TPSA) is 57.8 Å². The van der Waals surface area contributed by atoms with Crippen LogP contribution in [0.2, 0.25) is 0 Å². The maximum atomic E-state index is 11.3. The normalized spacial score (nSPS) is 18.9. The number of fused-ring (bicyclic) bond motifs is 1. The van der Waals surface area contributed by atoms with Crippen LogP contribution in [0.3, 0.4) is 0 Å². The van der Waals surface area contributed by atoms with Crippen LogP contribution in [-0.2, 0) is 11.3 Å². The van der Waals surface area contributed by atoms with Gasteiger partial charge in [0, 0.05) is 19.3 Å². The summed E-state index contributed by atoms with van der Waals surface area (Å²) in [6.07, 6.45) is 3.74. The van der Waals surface area contributed by atoms with Gasteiger partial charge in [0.15, 0.2) is 0 Å². The highest BCUT2D eigenvalue weighted by molar-refractivity contribution is 7.13. The Balaban J connectivity index is 1.70. The Labute approximate surface area is 144 Å². The molecule has 1 fully saturated rings. The molecular weight excluding hydrogens is 322 g/mol. The number of thiophene rings is 1. The van der Waals surface area contributed by atoms with E-state index in [1.807, 2.05) is 30.5 Å². The minimum atomic E-state index is -0.684. The van der Waals surface area contributed by atoms with E-state index in [4.69, 9.17) is 4.98 Å². The van der Waals surface area contributed by atoms with Crippen LogP contribution in [0.5, 0.6) is 0 Å². The summed E-state index contributed by atoms with van der Waals surface area (Å²) in [5.74, 6) is -0.945. The summed E-state index contributed by atoms with van der Waals surface area (Å²) in [5, 5.41) is 11.4. The third-order valence-electron chi connectivity index (χ3n) is 4.61. The molecule has 4 heterocycles. The highest BCUT2D eigenvalue weighted by Gasteiger charge is 2.27. The van der Waals surface area contributed by atoms with Gasteiger partial charge in [0.25, 0.3) is 0 Å². The average Bonchev–Trinajstić information content (AvgIpc) is 3.23. The molecule has 1 atom stereocenters. The monoisotopic (exact) mass is 341 g/mol. The molecule has 3 aromatic heterocycles. The molecule has 0 radical (unpaired) electrons. The number of rotatable bonds is 4. The van der Waals surface area contributed by atoms with Gasteiger partial charge in [-0.05, 0) is 43.0 Å². The van der Waals surface area contributed by atoms with E-state index in [1.54, 1.807) is 11.3 Å². The molecule has 0 saturated carbocycles. The lowest BCUT2D eigenvalue weighted by Crippen LogP contribution is -2.38. The summed E-state index contributed by atoms with van der Waals surface area (Å²) in [5.41, 5.74) is 3.08. The van der Waals surface area contributed by atoms with E-state index in [1.165, 1.54) is 0 Å². The van der Waals surface area contributed by atoms with Gasteiger partial charge >= 0.3 is 5.97 Å². The number of imidazole rings is 1. The predicted molar refractivity (Wildman–Crippen MR) is 94.1 cm³/mol. The summed E-state index contributed by atoms with van der Waals surface area (Å²) < 4.78 is 2.12. The summed E-state index contributed by atoms with van der Waals surface area (Å²) >= 11 is 1.68. The molecule has 0 spiro atoms. The van der Waals surface area contributed by atoms with Crippen molar-refractivity contribution in [2.24, 2.45) is 5.92 Å². The average molecular weight is 341 g/mol. The number of hydrogen-bond acceptors (Lipinski definition) is 4. The third-order valence-corrected chi connectivity index (χ3v) is 5.49. The molecule has 0 aromatic carbocycles. The minimum Gasteiger partial charge on any atom is -0.481 e. The second kappa shape index (κ2) is 6.37. The molecule has 1 N–H and O–H groups in total. The van der Waals surface area contributed by atoms with Crippen LogP contribution in [-0.4, -0.2) is 38.4 Å². The van der Waals surface area contributed by atoms with E-state index in [9.17, 15) is 9.90 Å².